The van der Waals surface area contributed by atoms with Crippen LogP contribution in [-0.2, 0) is 5.41 Å². The van der Waals surface area contributed by atoms with E-state index in [-0.39, 0.29) is 12.0 Å². The Morgan fingerprint density at radius 1 is 1.36 bits per heavy atom. The molecule has 0 aromatic heterocycles. The predicted molar refractivity (Wildman–Crippen MR) is 63.1 cm³/mol. The first-order valence-electron chi connectivity index (χ1n) is 4.77. The first-order chi connectivity index (χ1) is 6.51. The zero-order chi connectivity index (χ0) is 10.8. The SMILES string of the molecule is CSc1cc(C(C)(C)CO)ccc1C. The molecule has 1 nitrogen and oxygen atoms in total. The molecule has 0 heterocycles. The number of rotatable bonds is 3. The Balaban J connectivity index is 3.12. The highest BCUT2D eigenvalue weighted by atomic mass is 32.2. The van der Waals surface area contributed by atoms with Crippen molar-refractivity contribution in [3.63, 3.8) is 0 Å². The van der Waals surface area contributed by atoms with Crippen LogP contribution in [0.25, 0.3) is 0 Å². The van der Waals surface area contributed by atoms with Gasteiger partial charge < -0.3 is 5.11 Å². The van der Waals surface area contributed by atoms with Gasteiger partial charge in [0.25, 0.3) is 0 Å². The molecular weight excluding hydrogens is 192 g/mol. The van der Waals surface area contributed by atoms with Crippen LogP contribution >= 0.6 is 11.8 Å². The van der Waals surface area contributed by atoms with Gasteiger partial charge in [-0.25, -0.2) is 0 Å². The molecule has 0 saturated carbocycles. The highest BCUT2D eigenvalue weighted by Gasteiger charge is 2.19. The van der Waals surface area contributed by atoms with E-state index in [2.05, 4.69) is 45.2 Å². The summed E-state index contributed by atoms with van der Waals surface area (Å²) in [4.78, 5) is 1.30. The molecule has 0 atom stereocenters. The maximum absolute atomic E-state index is 9.27. The molecule has 0 spiro atoms. The third-order valence-corrected chi connectivity index (χ3v) is 3.46. The topological polar surface area (TPSA) is 20.2 Å². The molecule has 0 unspecified atom stereocenters. The van der Waals surface area contributed by atoms with Crippen molar-refractivity contribution < 1.29 is 5.11 Å². The fraction of sp³-hybridized carbons (Fsp3) is 0.500. The molecule has 0 fully saturated rings. The second kappa shape index (κ2) is 4.37. The Morgan fingerprint density at radius 2 is 2.00 bits per heavy atom. The van der Waals surface area contributed by atoms with E-state index in [0.717, 1.165) is 0 Å². The third kappa shape index (κ3) is 2.31. The van der Waals surface area contributed by atoms with Crippen LogP contribution < -0.4 is 0 Å². The Morgan fingerprint density at radius 3 is 2.50 bits per heavy atom. The Bertz CT molecular complexity index is 318. The lowest BCUT2D eigenvalue weighted by Gasteiger charge is -2.23. The van der Waals surface area contributed by atoms with Gasteiger partial charge in [0.1, 0.15) is 0 Å². The molecule has 2 heteroatoms. The molecule has 14 heavy (non-hydrogen) atoms. The molecule has 0 amide bonds. The molecule has 0 saturated heterocycles. The van der Waals surface area contributed by atoms with Crippen LogP contribution in [0.2, 0.25) is 0 Å². The summed E-state index contributed by atoms with van der Waals surface area (Å²) in [6.07, 6.45) is 2.08. The third-order valence-electron chi connectivity index (χ3n) is 2.58. The van der Waals surface area contributed by atoms with Gasteiger partial charge in [0.05, 0.1) is 6.61 Å². The summed E-state index contributed by atoms with van der Waals surface area (Å²) in [5.74, 6) is 0. The Labute approximate surface area is 90.5 Å². The number of hydrogen-bond acceptors (Lipinski definition) is 2. The zero-order valence-electron chi connectivity index (χ0n) is 9.29. The molecule has 0 radical (unpaired) electrons. The fourth-order valence-corrected chi connectivity index (χ4v) is 1.97. The minimum Gasteiger partial charge on any atom is -0.395 e. The van der Waals surface area contributed by atoms with Crippen LogP contribution in [0.15, 0.2) is 23.1 Å². The molecule has 1 N–H and O–H groups in total. The van der Waals surface area contributed by atoms with Gasteiger partial charge in [-0.2, -0.15) is 0 Å². The van der Waals surface area contributed by atoms with E-state index in [1.54, 1.807) is 11.8 Å². The van der Waals surface area contributed by atoms with Crippen molar-refractivity contribution >= 4 is 11.8 Å². The summed E-state index contributed by atoms with van der Waals surface area (Å²) < 4.78 is 0. The highest BCUT2D eigenvalue weighted by Crippen LogP contribution is 2.28. The van der Waals surface area contributed by atoms with Crippen LogP contribution in [-0.4, -0.2) is 18.0 Å². The monoisotopic (exact) mass is 210 g/mol. The maximum atomic E-state index is 9.27. The van der Waals surface area contributed by atoms with Crippen molar-refractivity contribution in [2.75, 3.05) is 12.9 Å². The van der Waals surface area contributed by atoms with Crippen molar-refractivity contribution in [2.45, 2.75) is 31.1 Å². The predicted octanol–water partition coefficient (Wildman–Crippen LogP) is 2.99. The van der Waals surface area contributed by atoms with Gasteiger partial charge in [-0.3, -0.25) is 0 Å². The van der Waals surface area contributed by atoms with Crippen LogP contribution in [0.1, 0.15) is 25.0 Å². The van der Waals surface area contributed by atoms with Gasteiger partial charge in [-0.1, -0.05) is 26.0 Å². The molecule has 0 aliphatic carbocycles. The van der Waals surface area contributed by atoms with Crippen LogP contribution in [0.5, 0.6) is 0 Å². The van der Waals surface area contributed by atoms with Crippen LogP contribution in [0.3, 0.4) is 0 Å². The van der Waals surface area contributed by atoms with Gasteiger partial charge >= 0.3 is 0 Å². The number of aliphatic hydroxyl groups is 1. The Hall–Kier alpha value is -0.470. The minimum absolute atomic E-state index is 0.141. The number of thioether (sulfide) groups is 1. The number of hydrogen-bond donors (Lipinski definition) is 1. The second-order valence-corrected chi connectivity index (χ2v) is 5.07. The standard InChI is InChI=1S/C12H18OS/c1-9-5-6-10(7-11(9)14-4)12(2,3)8-13/h5-7,13H,8H2,1-4H3. The molecule has 1 rings (SSSR count). The first-order valence-corrected chi connectivity index (χ1v) is 5.99. The summed E-state index contributed by atoms with van der Waals surface area (Å²) in [5.41, 5.74) is 2.36. The molecule has 0 aliphatic heterocycles. The van der Waals surface area contributed by atoms with Gasteiger partial charge in [0.15, 0.2) is 0 Å². The fourth-order valence-electron chi connectivity index (χ4n) is 1.33. The van der Waals surface area contributed by atoms with E-state index in [0.29, 0.717) is 0 Å². The van der Waals surface area contributed by atoms with E-state index < -0.39 is 0 Å². The molecule has 0 aliphatic rings. The number of aliphatic hydroxyl groups excluding tert-OH is 1. The Kier molecular flexibility index (Phi) is 3.62. The summed E-state index contributed by atoms with van der Waals surface area (Å²) in [5, 5.41) is 9.27. The number of benzene rings is 1. The van der Waals surface area contributed by atoms with E-state index in [4.69, 9.17) is 0 Å². The van der Waals surface area contributed by atoms with Crippen molar-refractivity contribution in [2.24, 2.45) is 0 Å². The average Bonchev–Trinajstić information content (AvgIpc) is 2.18. The lowest BCUT2D eigenvalue weighted by atomic mass is 9.85. The summed E-state index contributed by atoms with van der Waals surface area (Å²) in [7, 11) is 0. The van der Waals surface area contributed by atoms with Gasteiger partial charge in [0.2, 0.25) is 0 Å². The minimum atomic E-state index is -0.141. The average molecular weight is 210 g/mol. The smallest absolute Gasteiger partial charge is 0.0522 e. The summed E-state index contributed by atoms with van der Waals surface area (Å²) in [6.45, 7) is 6.41. The molecule has 1 aromatic rings. The summed E-state index contributed by atoms with van der Waals surface area (Å²) >= 11 is 1.75. The normalized spacial score (nSPS) is 11.8. The zero-order valence-corrected chi connectivity index (χ0v) is 10.1. The first kappa shape index (κ1) is 11.6. The second-order valence-electron chi connectivity index (χ2n) is 4.23. The quantitative estimate of drug-likeness (QED) is 0.774. The van der Waals surface area contributed by atoms with E-state index >= 15 is 0 Å². The van der Waals surface area contributed by atoms with Crippen LogP contribution in [0.4, 0.5) is 0 Å². The molecule has 1 aromatic carbocycles. The lowest BCUT2D eigenvalue weighted by Crippen LogP contribution is -2.22. The highest BCUT2D eigenvalue weighted by molar-refractivity contribution is 7.98. The van der Waals surface area contributed by atoms with Crippen molar-refractivity contribution in [1.82, 2.24) is 0 Å². The molecular formula is C12H18OS. The maximum Gasteiger partial charge on any atom is 0.0522 e. The van der Waals surface area contributed by atoms with E-state index in [9.17, 15) is 5.11 Å². The van der Waals surface area contributed by atoms with Gasteiger partial charge in [-0.05, 0) is 30.4 Å². The van der Waals surface area contributed by atoms with E-state index in [1.807, 2.05) is 0 Å². The largest absolute Gasteiger partial charge is 0.395 e. The van der Waals surface area contributed by atoms with Gasteiger partial charge in [-0.15, -0.1) is 11.8 Å². The van der Waals surface area contributed by atoms with E-state index in [1.165, 1.54) is 16.0 Å². The van der Waals surface area contributed by atoms with Crippen molar-refractivity contribution in [3.8, 4) is 0 Å². The van der Waals surface area contributed by atoms with Crippen molar-refractivity contribution in [1.29, 1.82) is 0 Å². The van der Waals surface area contributed by atoms with Crippen LogP contribution in [0, 0.1) is 6.92 Å². The lowest BCUT2D eigenvalue weighted by molar-refractivity contribution is 0.218. The number of aryl methyl sites for hydroxylation is 1. The molecule has 78 valence electrons. The van der Waals surface area contributed by atoms with Gasteiger partial charge in [0, 0.05) is 10.3 Å². The summed E-state index contributed by atoms with van der Waals surface area (Å²) in [6, 6.07) is 6.40. The molecule has 0 bridgehead atoms. The van der Waals surface area contributed by atoms with Crippen molar-refractivity contribution in [3.05, 3.63) is 29.3 Å².